The van der Waals surface area contributed by atoms with Crippen molar-refractivity contribution in [1.82, 2.24) is 9.71 Å². The molecule has 1 heterocycles. The molecule has 1 saturated carbocycles. The summed E-state index contributed by atoms with van der Waals surface area (Å²) in [4.78, 5) is 13.1. The zero-order valence-electron chi connectivity index (χ0n) is 10.9. The molecular weight excluding hydrogens is 268 g/mol. The summed E-state index contributed by atoms with van der Waals surface area (Å²) >= 11 is 0. The molecule has 7 heteroatoms. The van der Waals surface area contributed by atoms with Gasteiger partial charge in [0.1, 0.15) is 10.6 Å². The average Bonchev–Trinajstić information content (AvgIpc) is 2.86. The molecule has 2 rings (SSSR count). The largest absolute Gasteiger partial charge is 0.477 e. The molecule has 1 aromatic heterocycles. The van der Waals surface area contributed by atoms with Crippen LogP contribution in [0.4, 0.5) is 0 Å². The van der Waals surface area contributed by atoms with Gasteiger partial charge in [0.2, 0.25) is 10.0 Å². The van der Waals surface area contributed by atoms with Crippen molar-refractivity contribution in [1.29, 1.82) is 0 Å². The molecule has 0 aliphatic heterocycles. The molecule has 0 saturated heterocycles. The van der Waals surface area contributed by atoms with Gasteiger partial charge in [-0.1, -0.05) is 20.3 Å². The number of sulfonamides is 1. The Balaban J connectivity index is 2.20. The van der Waals surface area contributed by atoms with Crippen LogP contribution in [0.2, 0.25) is 0 Å². The van der Waals surface area contributed by atoms with Gasteiger partial charge in [0.25, 0.3) is 0 Å². The summed E-state index contributed by atoms with van der Waals surface area (Å²) < 4.78 is 27.0. The Bertz CT molecular complexity index is 589. The zero-order valence-corrected chi connectivity index (χ0v) is 11.8. The molecule has 0 spiro atoms. The molecule has 19 heavy (non-hydrogen) atoms. The van der Waals surface area contributed by atoms with E-state index in [1.807, 2.05) is 13.8 Å². The molecule has 1 aliphatic rings. The highest BCUT2D eigenvalue weighted by atomic mass is 32.2. The van der Waals surface area contributed by atoms with E-state index in [1.165, 1.54) is 6.20 Å². The van der Waals surface area contributed by atoms with Crippen molar-refractivity contribution < 1.29 is 18.3 Å². The van der Waals surface area contributed by atoms with E-state index in [0.29, 0.717) is 0 Å². The minimum atomic E-state index is -3.67. The third kappa shape index (κ3) is 2.82. The Morgan fingerprint density at radius 3 is 2.68 bits per heavy atom. The minimum Gasteiger partial charge on any atom is -0.477 e. The summed E-state index contributed by atoms with van der Waals surface area (Å²) in [5.74, 6) is -1.18. The SMILES string of the molecule is CC1(C)CCCC1NS(=O)(=O)c1c[nH]c(C(=O)O)c1. The standard InChI is InChI=1S/C12H18N2O4S/c1-12(2)5-3-4-10(12)14-19(17,18)8-6-9(11(15)16)13-7-8/h6-7,10,13-14H,3-5H2,1-2H3,(H,15,16). The Morgan fingerprint density at radius 2 is 2.21 bits per heavy atom. The predicted molar refractivity (Wildman–Crippen MR) is 69.5 cm³/mol. The maximum absolute atomic E-state index is 12.2. The fraction of sp³-hybridized carbons (Fsp3) is 0.583. The smallest absolute Gasteiger partial charge is 0.352 e. The Kier molecular flexibility index (Phi) is 3.44. The number of rotatable bonds is 4. The molecule has 6 nitrogen and oxygen atoms in total. The molecular formula is C12H18N2O4S. The van der Waals surface area contributed by atoms with Crippen LogP contribution in [0.1, 0.15) is 43.6 Å². The number of hydrogen-bond donors (Lipinski definition) is 3. The van der Waals surface area contributed by atoms with Crippen LogP contribution in [-0.2, 0) is 10.0 Å². The molecule has 1 unspecified atom stereocenters. The van der Waals surface area contributed by atoms with Crippen LogP contribution in [0.25, 0.3) is 0 Å². The van der Waals surface area contributed by atoms with Crippen LogP contribution >= 0.6 is 0 Å². The molecule has 0 bridgehead atoms. The quantitative estimate of drug-likeness (QED) is 0.782. The normalized spacial score (nSPS) is 22.5. The summed E-state index contributed by atoms with van der Waals surface area (Å²) in [5, 5.41) is 8.78. The second-order valence-corrected chi connectivity index (χ2v) is 7.32. The highest BCUT2D eigenvalue weighted by Crippen LogP contribution is 2.37. The lowest BCUT2D eigenvalue weighted by atomic mass is 9.88. The van der Waals surface area contributed by atoms with Crippen LogP contribution in [0.5, 0.6) is 0 Å². The van der Waals surface area contributed by atoms with Gasteiger partial charge in [-0.3, -0.25) is 0 Å². The number of carboxylic acids is 1. The lowest BCUT2D eigenvalue weighted by Gasteiger charge is -2.27. The third-order valence-corrected chi connectivity index (χ3v) is 5.20. The van der Waals surface area contributed by atoms with Gasteiger partial charge in [0, 0.05) is 12.2 Å². The summed E-state index contributed by atoms with van der Waals surface area (Å²) in [5.41, 5.74) is -0.204. The van der Waals surface area contributed by atoms with Gasteiger partial charge in [-0.05, 0) is 24.3 Å². The monoisotopic (exact) mass is 286 g/mol. The van der Waals surface area contributed by atoms with Crippen LogP contribution in [0, 0.1) is 5.41 Å². The summed E-state index contributed by atoms with van der Waals surface area (Å²) in [6, 6.07) is 1.02. The van der Waals surface area contributed by atoms with Crippen LogP contribution in [0.15, 0.2) is 17.2 Å². The lowest BCUT2D eigenvalue weighted by Crippen LogP contribution is -2.41. The maximum Gasteiger partial charge on any atom is 0.352 e. The van der Waals surface area contributed by atoms with Crippen LogP contribution in [-0.4, -0.2) is 30.5 Å². The number of carboxylic acid groups (broad SMARTS) is 1. The number of nitrogens with one attached hydrogen (secondary N) is 2. The summed E-state index contributed by atoms with van der Waals surface area (Å²) in [7, 11) is -3.67. The van der Waals surface area contributed by atoms with Crippen molar-refractivity contribution in [2.24, 2.45) is 5.41 Å². The first-order chi connectivity index (χ1) is 8.72. The minimum absolute atomic E-state index is 0.0346. The molecule has 1 aromatic rings. The van der Waals surface area contributed by atoms with Gasteiger partial charge in [-0.2, -0.15) is 0 Å². The van der Waals surface area contributed by atoms with Crippen molar-refractivity contribution in [3.63, 3.8) is 0 Å². The summed E-state index contributed by atoms with van der Waals surface area (Å²) in [6.45, 7) is 4.07. The fourth-order valence-corrected chi connectivity index (χ4v) is 3.89. The zero-order chi connectivity index (χ0) is 14.3. The van der Waals surface area contributed by atoms with Gasteiger partial charge in [0.15, 0.2) is 0 Å². The lowest BCUT2D eigenvalue weighted by molar-refractivity contribution is 0.0691. The van der Waals surface area contributed by atoms with Crippen molar-refractivity contribution in [3.8, 4) is 0 Å². The second kappa shape index (κ2) is 4.64. The van der Waals surface area contributed by atoms with Crippen LogP contribution < -0.4 is 4.72 Å². The molecule has 3 N–H and O–H groups in total. The third-order valence-electron chi connectivity index (χ3n) is 3.75. The first-order valence-electron chi connectivity index (χ1n) is 6.16. The van der Waals surface area contributed by atoms with Gasteiger partial charge < -0.3 is 10.1 Å². The molecule has 1 fully saturated rings. The van der Waals surface area contributed by atoms with Crippen molar-refractivity contribution in [3.05, 3.63) is 18.0 Å². The number of carbonyl (C=O) groups is 1. The molecule has 1 atom stereocenters. The molecule has 0 amide bonds. The van der Waals surface area contributed by atoms with Crippen molar-refractivity contribution >= 4 is 16.0 Å². The Labute approximate surface area is 112 Å². The van der Waals surface area contributed by atoms with E-state index in [4.69, 9.17) is 5.11 Å². The maximum atomic E-state index is 12.2. The van der Waals surface area contributed by atoms with Crippen LogP contribution in [0.3, 0.4) is 0 Å². The molecule has 106 valence electrons. The second-order valence-electron chi connectivity index (χ2n) is 5.61. The van der Waals surface area contributed by atoms with E-state index in [2.05, 4.69) is 9.71 Å². The highest BCUT2D eigenvalue weighted by Gasteiger charge is 2.37. The number of H-pyrrole nitrogens is 1. The molecule has 0 aromatic carbocycles. The van der Waals surface area contributed by atoms with Gasteiger partial charge in [-0.15, -0.1) is 0 Å². The number of aromatic carboxylic acids is 1. The van der Waals surface area contributed by atoms with Gasteiger partial charge in [0.05, 0.1) is 0 Å². The highest BCUT2D eigenvalue weighted by molar-refractivity contribution is 7.89. The van der Waals surface area contributed by atoms with E-state index < -0.39 is 16.0 Å². The van der Waals surface area contributed by atoms with E-state index in [1.54, 1.807) is 0 Å². The Hall–Kier alpha value is -1.34. The van der Waals surface area contributed by atoms with Crippen molar-refractivity contribution in [2.75, 3.05) is 0 Å². The number of aromatic nitrogens is 1. The topological polar surface area (TPSA) is 99.3 Å². The predicted octanol–water partition coefficient (Wildman–Crippen LogP) is 1.57. The van der Waals surface area contributed by atoms with Gasteiger partial charge >= 0.3 is 5.97 Å². The first-order valence-corrected chi connectivity index (χ1v) is 7.65. The van der Waals surface area contributed by atoms with Crippen molar-refractivity contribution in [2.45, 2.75) is 44.0 Å². The van der Waals surface area contributed by atoms with E-state index >= 15 is 0 Å². The number of aromatic amines is 1. The number of hydrogen-bond acceptors (Lipinski definition) is 3. The van der Waals surface area contributed by atoms with E-state index in [0.717, 1.165) is 25.3 Å². The molecule has 0 radical (unpaired) electrons. The fourth-order valence-electron chi connectivity index (χ4n) is 2.45. The first kappa shape index (κ1) is 14.1. The van der Waals surface area contributed by atoms with E-state index in [9.17, 15) is 13.2 Å². The summed E-state index contributed by atoms with van der Waals surface area (Å²) in [6.07, 6.45) is 3.98. The Morgan fingerprint density at radius 1 is 1.53 bits per heavy atom. The molecule has 1 aliphatic carbocycles. The van der Waals surface area contributed by atoms with Gasteiger partial charge in [-0.25, -0.2) is 17.9 Å². The average molecular weight is 286 g/mol. The van der Waals surface area contributed by atoms with E-state index in [-0.39, 0.29) is 22.0 Å².